The molecule has 9 nitrogen and oxygen atoms in total. The smallest absolute Gasteiger partial charge is 0.330 e. The summed E-state index contributed by atoms with van der Waals surface area (Å²) < 4.78 is 42.8. The van der Waals surface area contributed by atoms with Crippen molar-refractivity contribution in [3.63, 3.8) is 0 Å². The molecule has 12 heteroatoms. The van der Waals surface area contributed by atoms with Crippen molar-refractivity contribution in [2.75, 3.05) is 18.1 Å². The molecule has 0 spiro atoms. The summed E-state index contributed by atoms with van der Waals surface area (Å²) in [6, 6.07) is 6.62. The molecule has 1 amide bonds. The summed E-state index contributed by atoms with van der Waals surface area (Å²) in [5.74, 6) is -0.0170. The van der Waals surface area contributed by atoms with Crippen molar-refractivity contribution in [3.8, 4) is 10.4 Å². The zero-order valence-electron chi connectivity index (χ0n) is 17.6. The standard InChI is InChI=1S/C20H26N4O5S3/c1-14-19(30-13-22-14)16-6-4-15(5-7-16)11-21-20(26)18-10-17(25)12-24(18)32(28,29)23-31(27)8-2-3-9-31/h4-7,13,17-18,25H,2-3,8-12H2,1H3,(H,21,26)/t17-,18+/m1/s1. The molecule has 2 aromatic rings. The first-order valence-electron chi connectivity index (χ1n) is 10.4. The highest BCUT2D eigenvalue weighted by Gasteiger charge is 2.43. The van der Waals surface area contributed by atoms with Crippen LogP contribution < -0.4 is 5.32 Å². The number of hydrogen-bond acceptors (Lipinski definition) is 7. The number of benzene rings is 1. The molecule has 0 aliphatic carbocycles. The van der Waals surface area contributed by atoms with E-state index in [-0.39, 0.29) is 31.0 Å². The Morgan fingerprint density at radius 2 is 2.00 bits per heavy atom. The number of aliphatic hydroxyl groups excluding tert-OH is 1. The first-order valence-corrected chi connectivity index (χ1v) is 14.5. The molecule has 32 heavy (non-hydrogen) atoms. The van der Waals surface area contributed by atoms with Crippen molar-refractivity contribution in [1.82, 2.24) is 14.6 Å². The Kier molecular flexibility index (Phi) is 6.68. The maximum Gasteiger partial charge on any atom is 0.330 e. The minimum atomic E-state index is -4.29. The highest BCUT2D eigenvalue weighted by molar-refractivity contribution is 8.02. The lowest BCUT2D eigenvalue weighted by molar-refractivity contribution is -0.124. The quantitative estimate of drug-likeness (QED) is 0.623. The zero-order valence-corrected chi connectivity index (χ0v) is 20.1. The molecule has 1 aromatic heterocycles. The molecule has 0 unspecified atom stereocenters. The largest absolute Gasteiger partial charge is 0.392 e. The van der Waals surface area contributed by atoms with E-state index in [2.05, 4.69) is 14.1 Å². The molecular weight excluding hydrogens is 472 g/mol. The van der Waals surface area contributed by atoms with Gasteiger partial charge in [-0.1, -0.05) is 28.0 Å². The topological polar surface area (TPSA) is 129 Å². The maximum atomic E-state index is 12.8. The van der Waals surface area contributed by atoms with Gasteiger partial charge >= 0.3 is 10.2 Å². The fraction of sp³-hybridized carbons (Fsp3) is 0.500. The summed E-state index contributed by atoms with van der Waals surface area (Å²) in [4.78, 5) is 18.1. The lowest BCUT2D eigenvalue weighted by Crippen LogP contribution is -2.45. The first-order chi connectivity index (χ1) is 15.2. The van der Waals surface area contributed by atoms with Gasteiger partial charge in [-0.15, -0.1) is 11.3 Å². The van der Waals surface area contributed by atoms with Gasteiger partial charge in [0.1, 0.15) is 6.04 Å². The number of hydrogen-bond donors (Lipinski definition) is 2. The second kappa shape index (κ2) is 9.18. The Morgan fingerprint density at radius 1 is 1.31 bits per heavy atom. The van der Waals surface area contributed by atoms with Crippen LogP contribution in [0.1, 0.15) is 30.5 Å². The SMILES string of the molecule is Cc1ncsc1-c1ccc(CNC(=O)[C@@H]2C[C@@H](O)CN2S(=O)(=O)N=S2(=O)CCCC2)cc1. The molecule has 3 heterocycles. The van der Waals surface area contributed by atoms with Crippen LogP contribution in [-0.2, 0) is 31.3 Å². The highest BCUT2D eigenvalue weighted by atomic mass is 32.3. The first kappa shape index (κ1) is 23.3. The van der Waals surface area contributed by atoms with E-state index >= 15 is 0 Å². The molecule has 2 saturated heterocycles. The van der Waals surface area contributed by atoms with Crippen LogP contribution in [0, 0.1) is 6.92 Å². The van der Waals surface area contributed by atoms with Gasteiger partial charge in [0.15, 0.2) is 0 Å². The molecule has 2 aliphatic rings. The fourth-order valence-electron chi connectivity index (χ4n) is 3.98. The number of aliphatic hydroxyl groups is 1. The van der Waals surface area contributed by atoms with Crippen LogP contribution >= 0.6 is 11.3 Å². The van der Waals surface area contributed by atoms with E-state index in [1.165, 1.54) is 0 Å². The van der Waals surface area contributed by atoms with Crippen LogP contribution in [0.25, 0.3) is 10.4 Å². The average Bonchev–Trinajstić information content (AvgIpc) is 3.46. The number of carbonyl (C=O) groups is 1. The van der Waals surface area contributed by atoms with Crippen LogP contribution in [0.4, 0.5) is 0 Å². The van der Waals surface area contributed by atoms with Gasteiger partial charge in [0.2, 0.25) is 5.91 Å². The third-order valence-electron chi connectivity index (χ3n) is 5.67. The number of amides is 1. The van der Waals surface area contributed by atoms with Gasteiger partial charge in [0.05, 0.1) is 31.9 Å². The number of thiazole rings is 1. The van der Waals surface area contributed by atoms with Crippen molar-refractivity contribution in [2.24, 2.45) is 3.77 Å². The molecule has 0 bridgehead atoms. The second-order valence-electron chi connectivity index (χ2n) is 8.10. The Bertz CT molecular complexity index is 1200. The number of rotatable bonds is 6. The van der Waals surface area contributed by atoms with Gasteiger partial charge in [0.25, 0.3) is 0 Å². The van der Waals surface area contributed by atoms with Crippen LogP contribution in [0.5, 0.6) is 0 Å². The summed E-state index contributed by atoms with van der Waals surface area (Å²) in [7, 11) is -7.11. The number of nitrogens with zero attached hydrogens (tertiary/aromatic N) is 3. The zero-order chi connectivity index (χ0) is 22.9. The van der Waals surface area contributed by atoms with Crippen molar-refractivity contribution in [1.29, 1.82) is 0 Å². The number of aromatic nitrogens is 1. The number of nitrogens with one attached hydrogen (secondary N) is 1. The van der Waals surface area contributed by atoms with E-state index in [1.54, 1.807) is 16.8 Å². The van der Waals surface area contributed by atoms with Crippen LogP contribution in [-0.4, -0.2) is 63.1 Å². The monoisotopic (exact) mass is 498 g/mol. The lowest BCUT2D eigenvalue weighted by atomic mass is 10.1. The van der Waals surface area contributed by atoms with Crippen LogP contribution in [0.15, 0.2) is 33.5 Å². The van der Waals surface area contributed by atoms with Crippen molar-refractivity contribution < 1.29 is 22.5 Å². The van der Waals surface area contributed by atoms with E-state index in [4.69, 9.17) is 0 Å². The van der Waals surface area contributed by atoms with Crippen molar-refractivity contribution in [3.05, 3.63) is 41.0 Å². The van der Waals surface area contributed by atoms with E-state index in [1.807, 2.05) is 31.2 Å². The molecule has 0 radical (unpaired) electrons. The minimum Gasteiger partial charge on any atom is -0.392 e. The predicted molar refractivity (Wildman–Crippen MR) is 124 cm³/mol. The van der Waals surface area contributed by atoms with Gasteiger partial charge < -0.3 is 10.4 Å². The number of carbonyl (C=O) groups excluding carboxylic acids is 1. The van der Waals surface area contributed by atoms with Crippen molar-refractivity contribution >= 4 is 37.2 Å². The molecule has 174 valence electrons. The van der Waals surface area contributed by atoms with Crippen LogP contribution in [0.3, 0.4) is 0 Å². The minimum absolute atomic E-state index is 0.0225. The maximum absolute atomic E-state index is 12.8. The Balaban J connectivity index is 1.44. The summed E-state index contributed by atoms with van der Waals surface area (Å²) in [5, 5.41) is 12.8. The van der Waals surface area contributed by atoms with E-state index in [0.717, 1.165) is 26.0 Å². The van der Waals surface area contributed by atoms with Crippen LogP contribution in [0.2, 0.25) is 0 Å². The summed E-state index contributed by atoms with van der Waals surface area (Å²) >= 11 is 1.56. The molecular formula is C20H26N4O5S3. The van der Waals surface area contributed by atoms with Gasteiger partial charge in [-0.2, -0.15) is 12.7 Å². The van der Waals surface area contributed by atoms with E-state index < -0.39 is 38.0 Å². The number of β-amino-alcohol motifs (C(OH)–C–C–N with tert-alkyl or cyclic N) is 1. The average molecular weight is 499 g/mol. The van der Waals surface area contributed by atoms with Gasteiger partial charge in [0, 0.05) is 31.0 Å². The second-order valence-corrected chi connectivity index (χ2v) is 13.3. The molecule has 2 fully saturated rings. The van der Waals surface area contributed by atoms with Gasteiger partial charge in [-0.25, -0.2) is 9.19 Å². The molecule has 2 N–H and O–H groups in total. The molecule has 2 aliphatic heterocycles. The normalized spacial score (nSPS) is 23.3. The molecule has 2 atom stereocenters. The summed E-state index contributed by atoms with van der Waals surface area (Å²) in [5.41, 5.74) is 4.65. The van der Waals surface area contributed by atoms with Gasteiger partial charge in [-0.05, 0) is 30.9 Å². The summed E-state index contributed by atoms with van der Waals surface area (Å²) in [6.45, 7) is 1.93. The highest BCUT2D eigenvalue weighted by Crippen LogP contribution is 2.28. The predicted octanol–water partition coefficient (Wildman–Crippen LogP) is 1.68. The fourth-order valence-corrected chi connectivity index (χ4v) is 9.49. The summed E-state index contributed by atoms with van der Waals surface area (Å²) in [6.07, 6.45) is 0.349. The third-order valence-corrected chi connectivity index (χ3v) is 11.3. The van der Waals surface area contributed by atoms with E-state index in [9.17, 15) is 22.5 Å². The van der Waals surface area contributed by atoms with E-state index in [0.29, 0.717) is 12.8 Å². The molecule has 0 saturated carbocycles. The van der Waals surface area contributed by atoms with Gasteiger partial charge in [-0.3, -0.25) is 4.79 Å². The number of aryl methyl sites for hydroxylation is 1. The Labute approximate surface area is 192 Å². The molecule has 1 aromatic carbocycles. The third kappa shape index (κ3) is 5.04. The Morgan fingerprint density at radius 3 is 2.62 bits per heavy atom. The Hall–Kier alpha value is -1.86. The lowest BCUT2D eigenvalue weighted by Gasteiger charge is -2.21. The molecule has 4 rings (SSSR count). The van der Waals surface area contributed by atoms with Crippen molar-refractivity contribution in [2.45, 2.75) is 44.9 Å².